The van der Waals surface area contributed by atoms with Crippen LogP contribution in [0.1, 0.15) is 17.3 Å². The molecule has 4 heteroatoms. The van der Waals surface area contributed by atoms with Crippen LogP contribution in [0.4, 0.5) is 8.78 Å². The second-order valence-corrected chi connectivity index (χ2v) is 3.64. The molecule has 0 N–H and O–H groups in total. The lowest BCUT2D eigenvalue weighted by atomic mass is 10.0. The molecule has 0 spiro atoms. The van der Waals surface area contributed by atoms with E-state index < -0.39 is 11.6 Å². The Morgan fingerprint density at radius 3 is 2.53 bits per heavy atom. The average molecular weight is 233 g/mol. The Hall–Kier alpha value is -2.10. The van der Waals surface area contributed by atoms with Crippen molar-refractivity contribution in [2.45, 2.75) is 6.92 Å². The summed E-state index contributed by atoms with van der Waals surface area (Å²) in [5.41, 5.74) is 1.06. The van der Waals surface area contributed by atoms with Crippen LogP contribution < -0.4 is 0 Å². The van der Waals surface area contributed by atoms with Gasteiger partial charge < -0.3 is 0 Å². The average Bonchev–Trinajstić information content (AvgIpc) is 2.29. The summed E-state index contributed by atoms with van der Waals surface area (Å²) in [5.74, 6) is -1.42. The zero-order valence-corrected chi connectivity index (χ0v) is 9.08. The SMILES string of the molecule is CC(=O)c1cc(-c2cncc(F)c2)ccc1F. The van der Waals surface area contributed by atoms with Gasteiger partial charge in [-0.2, -0.15) is 0 Å². The fourth-order valence-electron chi connectivity index (χ4n) is 1.54. The number of Topliss-reactive ketones (excluding diaryl/α,β-unsaturated/α-hetero) is 1. The molecule has 1 aromatic heterocycles. The molecule has 86 valence electrons. The highest BCUT2D eigenvalue weighted by Crippen LogP contribution is 2.22. The van der Waals surface area contributed by atoms with Crippen molar-refractivity contribution in [1.82, 2.24) is 4.98 Å². The molecular formula is C13H9F2NO. The van der Waals surface area contributed by atoms with Gasteiger partial charge in [-0.3, -0.25) is 9.78 Å². The number of pyridine rings is 1. The number of halogens is 2. The van der Waals surface area contributed by atoms with Gasteiger partial charge in [0.05, 0.1) is 11.8 Å². The molecule has 0 fully saturated rings. The van der Waals surface area contributed by atoms with Gasteiger partial charge in [-0.25, -0.2) is 8.78 Å². The molecule has 0 aliphatic heterocycles. The lowest BCUT2D eigenvalue weighted by Crippen LogP contribution is -1.97. The molecule has 0 atom stereocenters. The fourth-order valence-corrected chi connectivity index (χ4v) is 1.54. The first-order valence-electron chi connectivity index (χ1n) is 4.99. The number of rotatable bonds is 2. The number of ketones is 1. The number of hydrogen-bond donors (Lipinski definition) is 0. The van der Waals surface area contributed by atoms with Crippen LogP contribution in [-0.4, -0.2) is 10.8 Å². The van der Waals surface area contributed by atoms with Crippen LogP contribution in [0.15, 0.2) is 36.7 Å². The van der Waals surface area contributed by atoms with Crippen LogP contribution in [0.25, 0.3) is 11.1 Å². The van der Waals surface area contributed by atoms with E-state index in [9.17, 15) is 13.6 Å². The third-order valence-electron chi connectivity index (χ3n) is 2.38. The summed E-state index contributed by atoms with van der Waals surface area (Å²) in [4.78, 5) is 14.9. The smallest absolute Gasteiger partial charge is 0.162 e. The van der Waals surface area contributed by atoms with Crippen LogP contribution >= 0.6 is 0 Å². The van der Waals surface area contributed by atoms with Crippen LogP contribution in [0, 0.1) is 11.6 Å². The summed E-state index contributed by atoms with van der Waals surface area (Å²) in [6.45, 7) is 1.28. The molecule has 0 radical (unpaired) electrons. The number of hydrogen-bond acceptors (Lipinski definition) is 2. The number of carbonyl (C=O) groups is 1. The van der Waals surface area contributed by atoms with Crippen molar-refractivity contribution >= 4 is 5.78 Å². The van der Waals surface area contributed by atoms with Crippen molar-refractivity contribution in [3.63, 3.8) is 0 Å². The monoisotopic (exact) mass is 233 g/mol. The van der Waals surface area contributed by atoms with Crippen molar-refractivity contribution in [2.75, 3.05) is 0 Å². The number of aromatic nitrogens is 1. The summed E-state index contributed by atoms with van der Waals surface area (Å²) in [6.07, 6.45) is 2.54. The maximum atomic E-state index is 13.3. The first-order valence-corrected chi connectivity index (χ1v) is 4.99. The van der Waals surface area contributed by atoms with E-state index in [1.165, 1.54) is 37.4 Å². The molecule has 17 heavy (non-hydrogen) atoms. The van der Waals surface area contributed by atoms with Crippen molar-refractivity contribution in [3.05, 3.63) is 53.9 Å². The van der Waals surface area contributed by atoms with E-state index in [-0.39, 0.29) is 11.3 Å². The van der Waals surface area contributed by atoms with Crippen LogP contribution in [-0.2, 0) is 0 Å². The van der Waals surface area contributed by atoms with Crippen LogP contribution in [0.5, 0.6) is 0 Å². The zero-order chi connectivity index (χ0) is 12.4. The molecule has 0 bridgehead atoms. The predicted molar refractivity (Wildman–Crippen MR) is 59.6 cm³/mol. The van der Waals surface area contributed by atoms with Gasteiger partial charge in [-0.15, -0.1) is 0 Å². The van der Waals surface area contributed by atoms with E-state index in [0.717, 1.165) is 6.20 Å². The van der Waals surface area contributed by atoms with E-state index in [2.05, 4.69) is 4.98 Å². The van der Waals surface area contributed by atoms with Gasteiger partial charge in [0, 0.05) is 11.8 Å². The Kier molecular flexibility index (Phi) is 2.95. The molecule has 0 amide bonds. The van der Waals surface area contributed by atoms with Crippen LogP contribution in [0.3, 0.4) is 0 Å². The summed E-state index contributed by atoms with van der Waals surface area (Å²) in [5, 5.41) is 0. The number of nitrogens with zero attached hydrogens (tertiary/aromatic N) is 1. The Morgan fingerprint density at radius 1 is 1.12 bits per heavy atom. The highest BCUT2D eigenvalue weighted by atomic mass is 19.1. The Labute approximate surface area is 96.9 Å². The van der Waals surface area contributed by atoms with Crippen molar-refractivity contribution in [2.24, 2.45) is 0 Å². The summed E-state index contributed by atoms with van der Waals surface area (Å²) < 4.78 is 26.3. The van der Waals surface area contributed by atoms with E-state index in [1.807, 2.05) is 0 Å². The highest BCUT2D eigenvalue weighted by Gasteiger charge is 2.09. The lowest BCUT2D eigenvalue weighted by Gasteiger charge is -2.04. The lowest BCUT2D eigenvalue weighted by molar-refractivity contribution is 0.101. The van der Waals surface area contributed by atoms with Gasteiger partial charge in [0.15, 0.2) is 5.78 Å². The quantitative estimate of drug-likeness (QED) is 0.745. The van der Waals surface area contributed by atoms with Gasteiger partial charge in [0.25, 0.3) is 0 Å². The predicted octanol–water partition coefficient (Wildman–Crippen LogP) is 3.23. The fraction of sp³-hybridized carbons (Fsp3) is 0.0769. The van der Waals surface area contributed by atoms with E-state index in [1.54, 1.807) is 0 Å². The minimum Gasteiger partial charge on any atom is -0.294 e. The molecule has 0 saturated carbocycles. The Morgan fingerprint density at radius 2 is 1.88 bits per heavy atom. The maximum absolute atomic E-state index is 13.3. The summed E-state index contributed by atoms with van der Waals surface area (Å²) in [6, 6.07) is 5.35. The van der Waals surface area contributed by atoms with Crippen molar-refractivity contribution < 1.29 is 13.6 Å². The first kappa shape index (κ1) is 11.4. The standard InChI is InChI=1S/C13H9F2NO/c1-8(17)12-5-9(2-3-13(12)15)10-4-11(14)7-16-6-10/h2-7H,1H3. The van der Waals surface area contributed by atoms with Gasteiger partial charge in [-0.1, -0.05) is 6.07 Å². The number of benzene rings is 1. The molecule has 1 heterocycles. The van der Waals surface area contributed by atoms with E-state index in [0.29, 0.717) is 11.1 Å². The van der Waals surface area contributed by atoms with E-state index >= 15 is 0 Å². The third kappa shape index (κ3) is 2.36. The molecule has 2 nitrogen and oxygen atoms in total. The molecule has 1 aromatic carbocycles. The molecule has 2 aromatic rings. The molecule has 2 rings (SSSR count). The first-order chi connectivity index (χ1) is 8.08. The molecule has 0 aliphatic rings. The Bertz CT molecular complexity index is 581. The van der Waals surface area contributed by atoms with Gasteiger partial charge >= 0.3 is 0 Å². The number of carbonyl (C=O) groups excluding carboxylic acids is 1. The molecule has 0 aliphatic carbocycles. The molecule has 0 unspecified atom stereocenters. The van der Waals surface area contributed by atoms with Crippen LogP contribution in [0.2, 0.25) is 0 Å². The van der Waals surface area contributed by atoms with Gasteiger partial charge in [0.1, 0.15) is 11.6 Å². The van der Waals surface area contributed by atoms with E-state index in [4.69, 9.17) is 0 Å². The minimum absolute atomic E-state index is 0.00763. The topological polar surface area (TPSA) is 30.0 Å². The second-order valence-electron chi connectivity index (χ2n) is 3.64. The summed E-state index contributed by atoms with van der Waals surface area (Å²) >= 11 is 0. The normalized spacial score (nSPS) is 10.3. The molecule has 0 saturated heterocycles. The maximum Gasteiger partial charge on any atom is 0.162 e. The molecular weight excluding hydrogens is 224 g/mol. The van der Waals surface area contributed by atoms with Gasteiger partial charge in [0.2, 0.25) is 0 Å². The van der Waals surface area contributed by atoms with Gasteiger partial charge in [-0.05, 0) is 30.7 Å². The second kappa shape index (κ2) is 4.41. The minimum atomic E-state index is -0.578. The van der Waals surface area contributed by atoms with Crippen molar-refractivity contribution in [3.8, 4) is 11.1 Å². The Balaban J connectivity index is 2.54. The zero-order valence-electron chi connectivity index (χ0n) is 9.08. The van der Waals surface area contributed by atoms with Crippen molar-refractivity contribution in [1.29, 1.82) is 0 Å². The highest BCUT2D eigenvalue weighted by molar-refractivity contribution is 5.95. The third-order valence-corrected chi connectivity index (χ3v) is 2.38. The summed E-state index contributed by atoms with van der Waals surface area (Å²) in [7, 11) is 0. The largest absolute Gasteiger partial charge is 0.294 e.